The number of carbonyl (C=O) groups is 3. The molecule has 11 heteroatoms. The van der Waals surface area contributed by atoms with Gasteiger partial charge in [-0.3, -0.25) is 19.3 Å². The van der Waals surface area contributed by atoms with Crippen molar-refractivity contribution in [1.82, 2.24) is 9.69 Å². The van der Waals surface area contributed by atoms with Crippen molar-refractivity contribution >= 4 is 40.6 Å². The van der Waals surface area contributed by atoms with E-state index in [4.69, 9.17) is 20.9 Å². The number of aromatic nitrogens is 1. The molecule has 1 aromatic heterocycles. The maximum atomic E-state index is 14.2. The molecule has 5 N–H and O–H groups in total. The summed E-state index contributed by atoms with van der Waals surface area (Å²) < 4.78 is 14.9. The van der Waals surface area contributed by atoms with E-state index in [0.29, 0.717) is 22.7 Å². The number of primary amides is 1. The average Bonchev–Trinajstić information content (AvgIpc) is 3.33. The van der Waals surface area contributed by atoms with Crippen LogP contribution in [0.1, 0.15) is 69.4 Å². The van der Waals surface area contributed by atoms with Crippen molar-refractivity contribution < 1.29 is 23.9 Å². The fourth-order valence-electron chi connectivity index (χ4n) is 4.80. The second-order valence-electron chi connectivity index (χ2n) is 9.51. The second-order valence-corrected chi connectivity index (χ2v) is 10.3. The molecular formula is C28H33N5O5S. The van der Waals surface area contributed by atoms with Gasteiger partial charge >= 0.3 is 0 Å². The van der Waals surface area contributed by atoms with E-state index in [1.807, 2.05) is 19.1 Å². The second kappa shape index (κ2) is 12.2. The average molecular weight is 552 g/mol. The molecule has 0 bridgehead atoms. The molecule has 0 aliphatic heterocycles. The summed E-state index contributed by atoms with van der Waals surface area (Å²) in [7, 11) is 3.03. The molecule has 0 unspecified atom stereocenters. The Morgan fingerprint density at radius 1 is 1.03 bits per heavy atom. The number of anilines is 2. The first-order valence-corrected chi connectivity index (χ1v) is 13.5. The number of amides is 3. The smallest absolute Gasteiger partial charge is 0.273 e. The zero-order chi connectivity index (χ0) is 28.1. The van der Waals surface area contributed by atoms with Crippen molar-refractivity contribution in [1.29, 1.82) is 0 Å². The highest BCUT2D eigenvalue weighted by molar-refractivity contribution is 7.09. The van der Waals surface area contributed by atoms with Gasteiger partial charge in [0.1, 0.15) is 10.9 Å². The number of hydrogen-bond acceptors (Lipinski definition) is 8. The number of nitrogens with two attached hydrogens (primary N) is 2. The molecule has 4 rings (SSSR count). The number of carbonyl (C=O) groups excluding carboxylic acids is 3. The fraction of sp³-hybridized carbons (Fsp3) is 0.357. The molecule has 1 fully saturated rings. The minimum Gasteiger partial charge on any atom is -0.493 e. The van der Waals surface area contributed by atoms with E-state index < -0.39 is 17.9 Å². The number of nitrogens with zero attached hydrogens (tertiary/aromatic N) is 2. The van der Waals surface area contributed by atoms with Crippen molar-refractivity contribution in [2.24, 2.45) is 5.73 Å². The monoisotopic (exact) mass is 551 g/mol. The summed E-state index contributed by atoms with van der Waals surface area (Å²) in [6, 6.07) is 11.2. The normalized spacial score (nSPS) is 14.3. The van der Waals surface area contributed by atoms with Crippen molar-refractivity contribution in [2.45, 2.75) is 51.1 Å². The van der Waals surface area contributed by atoms with Gasteiger partial charge in [-0.2, -0.15) is 4.37 Å². The zero-order valence-corrected chi connectivity index (χ0v) is 23.0. The summed E-state index contributed by atoms with van der Waals surface area (Å²) in [5.74, 6) is -0.869. The summed E-state index contributed by atoms with van der Waals surface area (Å²) >= 11 is 0.769. The first-order chi connectivity index (χ1) is 18.7. The molecule has 0 radical (unpaired) electrons. The summed E-state index contributed by atoms with van der Waals surface area (Å²) in [5, 5.41) is 3.17. The predicted molar refractivity (Wildman–Crippen MR) is 150 cm³/mol. The van der Waals surface area contributed by atoms with Crippen LogP contribution in [0, 0.1) is 6.92 Å². The topological polar surface area (TPSA) is 150 Å². The molecule has 10 nitrogen and oxygen atoms in total. The molecule has 1 heterocycles. The summed E-state index contributed by atoms with van der Waals surface area (Å²) in [6.45, 7) is 1.93. The van der Waals surface area contributed by atoms with Crippen LogP contribution in [-0.2, 0) is 4.79 Å². The van der Waals surface area contributed by atoms with Gasteiger partial charge in [0.05, 0.1) is 19.9 Å². The Bertz CT molecular complexity index is 1350. The summed E-state index contributed by atoms with van der Waals surface area (Å²) in [4.78, 5) is 41.5. The van der Waals surface area contributed by atoms with Crippen LogP contribution >= 0.6 is 11.5 Å². The number of hydrogen-bond donors (Lipinski definition) is 3. The van der Waals surface area contributed by atoms with Gasteiger partial charge in [0.25, 0.3) is 11.8 Å². The van der Waals surface area contributed by atoms with Gasteiger partial charge in [-0.15, -0.1) is 0 Å². The Balaban J connectivity index is 1.88. The number of nitrogen functional groups attached to an aromatic ring is 1. The van der Waals surface area contributed by atoms with E-state index in [1.54, 1.807) is 30.3 Å². The number of aryl methyl sites for hydroxylation is 1. The van der Waals surface area contributed by atoms with E-state index in [1.165, 1.54) is 19.1 Å². The van der Waals surface area contributed by atoms with Gasteiger partial charge in [0.2, 0.25) is 5.91 Å². The van der Waals surface area contributed by atoms with Crippen molar-refractivity contribution in [2.75, 3.05) is 24.9 Å². The van der Waals surface area contributed by atoms with E-state index >= 15 is 0 Å². The maximum absolute atomic E-state index is 14.2. The molecule has 206 valence electrons. The lowest BCUT2D eigenvalue weighted by molar-refractivity contribution is -0.123. The highest BCUT2D eigenvalue weighted by Gasteiger charge is 2.37. The Morgan fingerprint density at radius 3 is 2.28 bits per heavy atom. The standard InChI is InChI=1S/C28H33N5O5S/c1-16-9-12-19(13-10-16)33(28(36)25-22(29)23(26(30)34)32-39-25)24(27(35)31-18-7-5-4-6-8-18)17-11-14-20(37-2)21(15-17)38-3/h9-15,18,24H,4-8,29H2,1-3H3,(H2,30,34)(H,31,35)/t24-/m1/s1. The van der Waals surface area contributed by atoms with Gasteiger partial charge < -0.3 is 26.3 Å². The first-order valence-electron chi connectivity index (χ1n) is 12.7. The SMILES string of the molecule is COc1ccc([C@H](C(=O)NC2CCCCC2)N(C(=O)c2snc(C(N)=O)c2N)c2ccc(C)cc2)cc1OC. The highest BCUT2D eigenvalue weighted by Crippen LogP contribution is 2.37. The molecule has 39 heavy (non-hydrogen) atoms. The van der Waals surface area contributed by atoms with Crippen LogP contribution < -0.4 is 31.2 Å². The van der Waals surface area contributed by atoms with Crippen LogP contribution in [0.2, 0.25) is 0 Å². The molecule has 3 aromatic rings. The van der Waals surface area contributed by atoms with E-state index in [-0.39, 0.29) is 28.2 Å². The third-order valence-electron chi connectivity index (χ3n) is 6.87. The lowest BCUT2D eigenvalue weighted by atomic mass is 9.94. The number of methoxy groups -OCH3 is 2. The molecular weight excluding hydrogens is 518 g/mol. The Labute approximate surface area is 231 Å². The van der Waals surface area contributed by atoms with Gasteiger partial charge in [-0.05, 0) is 61.1 Å². The van der Waals surface area contributed by atoms with Gasteiger partial charge in [-0.25, -0.2) is 0 Å². The van der Waals surface area contributed by atoms with E-state index in [0.717, 1.165) is 49.2 Å². The van der Waals surface area contributed by atoms with Crippen LogP contribution in [0.15, 0.2) is 42.5 Å². The highest BCUT2D eigenvalue weighted by atomic mass is 32.1. The third-order valence-corrected chi connectivity index (χ3v) is 7.72. The molecule has 0 spiro atoms. The summed E-state index contributed by atoms with van der Waals surface area (Å²) in [5.41, 5.74) is 13.2. The van der Waals surface area contributed by atoms with Crippen molar-refractivity contribution in [3.05, 3.63) is 64.2 Å². The molecule has 1 atom stereocenters. The lowest BCUT2D eigenvalue weighted by Crippen LogP contribution is -2.47. The Morgan fingerprint density at radius 2 is 1.69 bits per heavy atom. The Kier molecular flexibility index (Phi) is 8.70. The van der Waals surface area contributed by atoms with Crippen LogP contribution in [0.4, 0.5) is 11.4 Å². The largest absolute Gasteiger partial charge is 0.493 e. The minimum atomic E-state index is -1.10. The lowest BCUT2D eigenvalue weighted by Gasteiger charge is -2.33. The van der Waals surface area contributed by atoms with Crippen LogP contribution in [0.5, 0.6) is 11.5 Å². The number of ether oxygens (including phenoxy) is 2. The maximum Gasteiger partial charge on any atom is 0.273 e. The third kappa shape index (κ3) is 5.98. The molecule has 1 aliphatic carbocycles. The van der Waals surface area contributed by atoms with Crippen molar-refractivity contribution in [3.63, 3.8) is 0 Å². The predicted octanol–water partition coefficient (Wildman–Crippen LogP) is 3.99. The minimum absolute atomic E-state index is 0.00111. The Hall–Kier alpha value is -4.12. The zero-order valence-electron chi connectivity index (χ0n) is 22.2. The van der Waals surface area contributed by atoms with E-state index in [2.05, 4.69) is 9.69 Å². The van der Waals surface area contributed by atoms with Crippen molar-refractivity contribution in [3.8, 4) is 11.5 Å². The molecule has 3 amide bonds. The van der Waals surface area contributed by atoms with Gasteiger partial charge in [-0.1, -0.05) is 43.0 Å². The van der Waals surface area contributed by atoms with Gasteiger partial charge in [0.15, 0.2) is 17.2 Å². The number of nitrogens with one attached hydrogen (secondary N) is 1. The summed E-state index contributed by atoms with van der Waals surface area (Å²) in [6.07, 6.45) is 4.92. The van der Waals surface area contributed by atoms with Crippen LogP contribution in [0.25, 0.3) is 0 Å². The number of benzene rings is 2. The van der Waals surface area contributed by atoms with Gasteiger partial charge in [0, 0.05) is 11.7 Å². The van der Waals surface area contributed by atoms with Crippen LogP contribution in [0.3, 0.4) is 0 Å². The molecule has 1 saturated carbocycles. The number of rotatable bonds is 9. The fourth-order valence-corrected chi connectivity index (χ4v) is 5.54. The van der Waals surface area contributed by atoms with Crippen LogP contribution in [-0.4, -0.2) is 42.4 Å². The molecule has 1 aliphatic rings. The molecule has 2 aromatic carbocycles. The van der Waals surface area contributed by atoms with E-state index in [9.17, 15) is 14.4 Å². The molecule has 0 saturated heterocycles. The first kappa shape index (κ1) is 27.9. The quantitative estimate of drug-likeness (QED) is 0.364.